The van der Waals surface area contributed by atoms with Gasteiger partial charge in [-0.3, -0.25) is 0 Å². The van der Waals surface area contributed by atoms with Crippen LogP contribution in [0.25, 0.3) is 0 Å². The third-order valence-corrected chi connectivity index (χ3v) is 2.61. The number of hydrogen-bond acceptors (Lipinski definition) is 5. The minimum absolute atomic E-state index is 0.119. The molecule has 2 heterocycles. The van der Waals surface area contributed by atoms with Gasteiger partial charge in [0.05, 0.1) is 24.0 Å². The van der Waals surface area contributed by atoms with Crippen molar-refractivity contribution in [1.29, 1.82) is 0 Å². The molecule has 15 heavy (non-hydrogen) atoms. The molecule has 1 aliphatic rings. The molecule has 0 radical (unpaired) electrons. The number of aromatic nitrogens is 2. The van der Waals surface area contributed by atoms with E-state index < -0.39 is 0 Å². The number of nitrogens with zero attached hydrogens (tertiary/aromatic N) is 2. The van der Waals surface area contributed by atoms with Gasteiger partial charge < -0.3 is 15.8 Å². The second-order valence-corrected chi connectivity index (χ2v) is 4.27. The number of nitrogens with two attached hydrogens (primary N) is 1. The Kier molecular flexibility index (Phi) is 2.67. The Bertz CT molecular complexity index is 365. The van der Waals surface area contributed by atoms with Crippen molar-refractivity contribution in [2.45, 2.75) is 18.9 Å². The van der Waals surface area contributed by atoms with Crippen LogP contribution in [0.3, 0.4) is 0 Å². The molecule has 1 saturated heterocycles. The molecule has 5 nitrogen and oxygen atoms in total. The van der Waals surface area contributed by atoms with Crippen molar-refractivity contribution in [3.05, 3.63) is 11.5 Å². The van der Waals surface area contributed by atoms with Gasteiger partial charge in [-0.1, -0.05) is 0 Å². The number of nitrogen functional groups attached to an aromatic ring is 1. The summed E-state index contributed by atoms with van der Waals surface area (Å²) in [5.74, 6) is 0.572. The van der Waals surface area contributed by atoms with Crippen LogP contribution in [0.15, 0.2) is 6.20 Å². The van der Waals surface area contributed by atoms with Gasteiger partial charge in [-0.05, 0) is 24.9 Å². The predicted octanol–water partition coefficient (Wildman–Crippen LogP) is 1.30. The van der Waals surface area contributed by atoms with Crippen LogP contribution in [0, 0.1) is 0 Å². The first kappa shape index (κ1) is 10.4. The van der Waals surface area contributed by atoms with Crippen LogP contribution >= 0.6 is 11.6 Å². The van der Waals surface area contributed by atoms with Crippen molar-refractivity contribution in [2.75, 3.05) is 24.3 Å². The van der Waals surface area contributed by atoms with Gasteiger partial charge in [0.1, 0.15) is 0 Å². The number of hydrogen-bond donors (Lipinski definition) is 2. The lowest BCUT2D eigenvalue weighted by atomic mass is 10.0. The Morgan fingerprint density at radius 1 is 1.67 bits per heavy atom. The number of anilines is 2. The maximum atomic E-state index is 5.74. The number of ether oxygens (including phenoxy) is 1. The van der Waals surface area contributed by atoms with Gasteiger partial charge in [0.2, 0.25) is 5.28 Å². The predicted molar refractivity (Wildman–Crippen MR) is 58.9 cm³/mol. The zero-order valence-corrected chi connectivity index (χ0v) is 9.21. The smallest absolute Gasteiger partial charge is 0.224 e. The second kappa shape index (κ2) is 3.83. The molecule has 6 heteroatoms. The lowest BCUT2D eigenvalue weighted by Gasteiger charge is -2.24. The Morgan fingerprint density at radius 3 is 3.13 bits per heavy atom. The summed E-state index contributed by atoms with van der Waals surface area (Å²) in [6, 6.07) is 0. The van der Waals surface area contributed by atoms with E-state index in [4.69, 9.17) is 22.1 Å². The summed E-state index contributed by atoms with van der Waals surface area (Å²) in [6.45, 7) is 3.46. The van der Waals surface area contributed by atoms with E-state index in [1.807, 2.05) is 0 Å². The normalized spacial score (nSPS) is 25.5. The van der Waals surface area contributed by atoms with Gasteiger partial charge in [-0.2, -0.15) is 4.98 Å². The van der Waals surface area contributed by atoms with Crippen LogP contribution in [0.4, 0.5) is 11.5 Å². The molecule has 1 unspecified atom stereocenters. The van der Waals surface area contributed by atoms with Crippen molar-refractivity contribution in [3.63, 3.8) is 0 Å². The molecule has 1 atom stereocenters. The second-order valence-electron chi connectivity index (χ2n) is 3.93. The lowest BCUT2D eigenvalue weighted by molar-refractivity contribution is 0.185. The van der Waals surface area contributed by atoms with Crippen LogP contribution in [-0.4, -0.2) is 28.7 Å². The summed E-state index contributed by atoms with van der Waals surface area (Å²) in [5, 5.41) is 3.43. The third kappa shape index (κ3) is 2.30. The first-order valence-electron chi connectivity index (χ1n) is 4.73. The molecule has 0 saturated carbocycles. The highest BCUT2D eigenvalue weighted by Gasteiger charge is 2.30. The molecule has 1 aliphatic heterocycles. The Labute approximate surface area is 93.0 Å². The highest BCUT2D eigenvalue weighted by molar-refractivity contribution is 6.28. The highest BCUT2D eigenvalue weighted by Crippen LogP contribution is 2.26. The standard InChI is InChI=1S/C9H13ClN4O/c1-9(2-3-15-5-9)14-7-6(11)4-12-8(10)13-7/h4H,2-3,5,11H2,1H3,(H,12,13,14). The molecule has 0 aliphatic carbocycles. The first-order valence-corrected chi connectivity index (χ1v) is 5.11. The van der Waals surface area contributed by atoms with Crippen molar-refractivity contribution in [3.8, 4) is 0 Å². The number of halogens is 1. The fraction of sp³-hybridized carbons (Fsp3) is 0.556. The maximum Gasteiger partial charge on any atom is 0.224 e. The molecule has 1 aromatic heterocycles. The zero-order valence-electron chi connectivity index (χ0n) is 8.46. The number of rotatable bonds is 2. The van der Waals surface area contributed by atoms with Gasteiger partial charge in [0.25, 0.3) is 0 Å². The van der Waals surface area contributed by atoms with E-state index >= 15 is 0 Å². The van der Waals surface area contributed by atoms with Gasteiger partial charge in [-0.15, -0.1) is 0 Å². The Balaban J connectivity index is 2.19. The van der Waals surface area contributed by atoms with E-state index in [1.165, 1.54) is 6.20 Å². The van der Waals surface area contributed by atoms with Gasteiger partial charge >= 0.3 is 0 Å². The number of nitrogens with one attached hydrogen (secondary N) is 1. The fourth-order valence-electron chi connectivity index (χ4n) is 1.52. The van der Waals surface area contributed by atoms with Gasteiger partial charge in [0.15, 0.2) is 5.82 Å². The minimum atomic E-state index is -0.119. The summed E-state index contributed by atoms with van der Waals surface area (Å²) >= 11 is 5.70. The summed E-state index contributed by atoms with van der Waals surface area (Å²) in [7, 11) is 0. The summed E-state index contributed by atoms with van der Waals surface area (Å²) in [5.41, 5.74) is 6.11. The first-order chi connectivity index (χ1) is 7.09. The molecular weight excluding hydrogens is 216 g/mol. The van der Waals surface area contributed by atoms with E-state index in [2.05, 4.69) is 22.2 Å². The molecule has 3 N–H and O–H groups in total. The molecule has 2 rings (SSSR count). The summed E-state index contributed by atoms with van der Waals surface area (Å²) in [6.07, 6.45) is 2.42. The van der Waals surface area contributed by atoms with Crippen LogP contribution in [0.2, 0.25) is 5.28 Å². The maximum absolute atomic E-state index is 5.74. The average Bonchev–Trinajstić information content (AvgIpc) is 2.59. The minimum Gasteiger partial charge on any atom is -0.394 e. The van der Waals surface area contributed by atoms with E-state index in [0.29, 0.717) is 18.1 Å². The van der Waals surface area contributed by atoms with Crippen molar-refractivity contribution >= 4 is 23.1 Å². The average molecular weight is 229 g/mol. The van der Waals surface area contributed by atoms with E-state index in [0.717, 1.165) is 13.0 Å². The SMILES string of the molecule is CC1(Nc2nc(Cl)ncc2N)CCOC1. The summed E-state index contributed by atoms with van der Waals surface area (Å²) in [4.78, 5) is 7.84. The molecule has 1 fully saturated rings. The van der Waals surface area contributed by atoms with Crippen LogP contribution in [0.1, 0.15) is 13.3 Å². The quantitative estimate of drug-likeness (QED) is 0.747. The topological polar surface area (TPSA) is 73.1 Å². The molecule has 0 spiro atoms. The molecular formula is C9H13ClN4O. The Hall–Kier alpha value is -1.07. The van der Waals surface area contributed by atoms with E-state index in [1.54, 1.807) is 0 Å². The largest absolute Gasteiger partial charge is 0.394 e. The molecule has 82 valence electrons. The third-order valence-electron chi connectivity index (χ3n) is 2.43. The van der Waals surface area contributed by atoms with Crippen LogP contribution in [-0.2, 0) is 4.74 Å². The monoisotopic (exact) mass is 228 g/mol. The Morgan fingerprint density at radius 2 is 2.47 bits per heavy atom. The van der Waals surface area contributed by atoms with Crippen LogP contribution < -0.4 is 11.1 Å². The highest BCUT2D eigenvalue weighted by atomic mass is 35.5. The van der Waals surface area contributed by atoms with E-state index in [-0.39, 0.29) is 10.8 Å². The molecule has 0 aromatic carbocycles. The fourth-order valence-corrected chi connectivity index (χ4v) is 1.65. The molecule has 0 bridgehead atoms. The lowest BCUT2D eigenvalue weighted by Crippen LogP contribution is -2.35. The van der Waals surface area contributed by atoms with E-state index in [9.17, 15) is 0 Å². The van der Waals surface area contributed by atoms with Crippen molar-refractivity contribution in [1.82, 2.24) is 9.97 Å². The van der Waals surface area contributed by atoms with Crippen molar-refractivity contribution < 1.29 is 4.74 Å². The zero-order chi connectivity index (χ0) is 10.9. The van der Waals surface area contributed by atoms with Crippen molar-refractivity contribution in [2.24, 2.45) is 0 Å². The van der Waals surface area contributed by atoms with Crippen LogP contribution in [0.5, 0.6) is 0 Å². The summed E-state index contributed by atoms with van der Waals surface area (Å²) < 4.78 is 5.32. The van der Waals surface area contributed by atoms with Gasteiger partial charge in [-0.25, -0.2) is 4.98 Å². The van der Waals surface area contributed by atoms with Gasteiger partial charge in [0, 0.05) is 6.61 Å². The molecule has 1 aromatic rings. The molecule has 0 amide bonds.